The third-order valence-corrected chi connectivity index (χ3v) is 3.21. The molecule has 3 rings (SSSR count). The molecule has 0 saturated carbocycles. The number of hydrogen-bond acceptors (Lipinski definition) is 4. The summed E-state index contributed by atoms with van der Waals surface area (Å²) in [5.74, 6) is -0.435. The fourth-order valence-corrected chi connectivity index (χ4v) is 2.24. The van der Waals surface area contributed by atoms with Gasteiger partial charge in [0.25, 0.3) is 0 Å². The lowest BCUT2D eigenvalue weighted by Crippen LogP contribution is -2.10. The molecule has 0 aliphatic carbocycles. The predicted octanol–water partition coefficient (Wildman–Crippen LogP) is 3.85. The summed E-state index contributed by atoms with van der Waals surface area (Å²) in [4.78, 5) is 24.8. The van der Waals surface area contributed by atoms with Gasteiger partial charge in [0, 0.05) is 10.7 Å². The third-order valence-electron chi connectivity index (χ3n) is 2.89. The Bertz CT molecular complexity index is 848. The van der Waals surface area contributed by atoms with Crippen LogP contribution in [0.3, 0.4) is 0 Å². The quantitative estimate of drug-likeness (QED) is 0.750. The van der Waals surface area contributed by atoms with Gasteiger partial charge in [-0.05, 0) is 18.2 Å². The molecule has 0 aliphatic heterocycles. The fraction of sp³-hybridized carbons (Fsp3) is 0. The van der Waals surface area contributed by atoms with Crippen LogP contribution in [0, 0.1) is 5.82 Å². The summed E-state index contributed by atoms with van der Waals surface area (Å²) in [6, 6.07) is 5.79. The molecule has 0 spiro atoms. The Labute approximate surface area is 127 Å². The first-order valence-electron chi connectivity index (χ1n) is 5.99. The molecule has 2 aromatic heterocycles. The van der Waals surface area contributed by atoms with Crippen molar-refractivity contribution in [1.82, 2.24) is 15.0 Å². The van der Waals surface area contributed by atoms with Crippen LogP contribution in [0.4, 0.5) is 19.5 Å². The van der Waals surface area contributed by atoms with Gasteiger partial charge in [-0.2, -0.15) is 0 Å². The Morgan fingerprint density at radius 2 is 2.18 bits per heavy atom. The Morgan fingerprint density at radius 1 is 1.36 bits per heavy atom. The number of carbonyl (C=O) groups is 1. The van der Waals surface area contributed by atoms with Crippen LogP contribution in [0.15, 0.2) is 30.5 Å². The van der Waals surface area contributed by atoms with Crippen LogP contribution < -0.4 is 5.32 Å². The van der Waals surface area contributed by atoms with E-state index in [1.54, 1.807) is 6.07 Å². The number of benzene rings is 1. The Kier molecular flexibility index (Phi) is 3.60. The third kappa shape index (κ3) is 2.44. The highest BCUT2D eigenvalue weighted by Gasteiger charge is 2.17. The van der Waals surface area contributed by atoms with Crippen molar-refractivity contribution in [2.24, 2.45) is 0 Å². The van der Waals surface area contributed by atoms with Crippen LogP contribution in [-0.2, 0) is 4.94 Å². The lowest BCUT2D eigenvalue weighted by atomic mass is 10.2. The summed E-state index contributed by atoms with van der Waals surface area (Å²) in [5, 5.41) is 2.24. The number of hydrogen-bond donors (Lipinski definition) is 2. The first-order chi connectivity index (χ1) is 10.6. The van der Waals surface area contributed by atoms with Crippen molar-refractivity contribution < 1.29 is 18.7 Å². The Hall–Kier alpha value is -2.74. The molecule has 6 nitrogen and oxygen atoms in total. The van der Waals surface area contributed by atoms with Gasteiger partial charge >= 0.3 is 6.09 Å². The van der Waals surface area contributed by atoms with Crippen molar-refractivity contribution in [1.29, 1.82) is 0 Å². The smallest absolute Gasteiger partial charge is 0.338 e. The molecular weight excluding hydrogens is 318 g/mol. The summed E-state index contributed by atoms with van der Waals surface area (Å²) < 4.78 is 25.7. The highest BCUT2D eigenvalue weighted by molar-refractivity contribution is 6.33. The van der Waals surface area contributed by atoms with Gasteiger partial charge in [0.15, 0.2) is 5.82 Å². The second kappa shape index (κ2) is 5.57. The summed E-state index contributed by atoms with van der Waals surface area (Å²) in [6.45, 7) is 0. The summed E-state index contributed by atoms with van der Waals surface area (Å²) in [7, 11) is 0. The molecule has 0 bridgehead atoms. The molecule has 0 atom stereocenters. The molecule has 0 aliphatic rings. The Balaban J connectivity index is 2.14. The number of aromatic amines is 1. The van der Waals surface area contributed by atoms with Crippen LogP contribution in [0.1, 0.15) is 0 Å². The van der Waals surface area contributed by atoms with Crippen LogP contribution in [0.2, 0.25) is 5.02 Å². The molecule has 0 fully saturated rings. The van der Waals surface area contributed by atoms with E-state index in [1.165, 1.54) is 24.4 Å². The molecule has 0 radical (unpaired) electrons. The zero-order valence-electron chi connectivity index (χ0n) is 10.7. The molecular formula is C13H7ClF2N4O2. The lowest BCUT2D eigenvalue weighted by Gasteiger charge is -2.01. The maximum absolute atomic E-state index is 13.9. The standard InChI is InChI=1S/C13H7ClF2N4O2/c14-6-2-1-3-7(15)9(6)11-18-8-4-5-17-12(10(8)19-11)20-13(21)22-16/h1-5H,(H,18,19)(H,17,20,21). The van der Waals surface area contributed by atoms with Gasteiger partial charge in [0.1, 0.15) is 17.2 Å². The first-order valence-corrected chi connectivity index (χ1v) is 6.36. The lowest BCUT2D eigenvalue weighted by molar-refractivity contribution is -0.0544. The van der Waals surface area contributed by atoms with E-state index in [0.717, 1.165) is 0 Å². The van der Waals surface area contributed by atoms with Crippen LogP contribution in [0.25, 0.3) is 22.4 Å². The number of pyridine rings is 1. The zero-order chi connectivity index (χ0) is 15.7. The molecule has 2 N–H and O–H groups in total. The van der Waals surface area contributed by atoms with Crippen LogP contribution in [-0.4, -0.2) is 21.0 Å². The molecule has 2 heterocycles. The number of imidazole rings is 1. The average Bonchev–Trinajstić information content (AvgIpc) is 2.91. The second-order valence-electron chi connectivity index (χ2n) is 4.23. The fourth-order valence-electron chi connectivity index (χ4n) is 1.99. The van der Waals surface area contributed by atoms with Gasteiger partial charge in [0.05, 0.1) is 16.1 Å². The van der Waals surface area contributed by atoms with Crippen molar-refractivity contribution in [3.05, 3.63) is 41.3 Å². The minimum Gasteiger partial charge on any atom is -0.338 e. The van der Waals surface area contributed by atoms with E-state index in [1.807, 2.05) is 0 Å². The second-order valence-corrected chi connectivity index (χ2v) is 4.63. The first kappa shape index (κ1) is 14.2. The molecule has 22 heavy (non-hydrogen) atoms. The number of halogens is 3. The summed E-state index contributed by atoms with van der Waals surface area (Å²) >= 11 is 5.98. The molecule has 0 unspecified atom stereocenters. The number of aromatic nitrogens is 3. The zero-order valence-corrected chi connectivity index (χ0v) is 11.5. The SMILES string of the molecule is O=C(Nc1nccc2[nH]c(-c3c(F)cccc3Cl)nc12)OF. The number of carbonyl (C=O) groups excluding carboxylic acids is 1. The van der Waals surface area contributed by atoms with E-state index in [0.29, 0.717) is 5.52 Å². The van der Waals surface area contributed by atoms with Gasteiger partial charge in [-0.25, -0.2) is 24.1 Å². The summed E-state index contributed by atoms with van der Waals surface area (Å²) in [5.41, 5.74) is 0.750. The highest BCUT2D eigenvalue weighted by Crippen LogP contribution is 2.31. The maximum Gasteiger partial charge on any atom is 0.450 e. The molecule has 1 amide bonds. The van der Waals surface area contributed by atoms with E-state index in [9.17, 15) is 13.7 Å². The number of H-pyrrole nitrogens is 1. The highest BCUT2D eigenvalue weighted by atomic mass is 35.5. The molecule has 0 saturated heterocycles. The van der Waals surface area contributed by atoms with Gasteiger partial charge in [-0.1, -0.05) is 17.7 Å². The van der Waals surface area contributed by atoms with Crippen molar-refractivity contribution in [3.8, 4) is 11.4 Å². The molecule has 9 heteroatoms. The predicted molar refractivity (Wildman–Crippen MR) is 75.5 cm³/mol. The van der Waals surface area contributed by atoms with E-state index in [-0.39, 0.29) is 27.7 Å². The Morgan fingerprint density at radius 3 is 2.91 bits per heavy atom. The van der Waals surface area contributed by atoms with Crippen LogP contribution >= 0.6 is 11.6 Å². The molecule has 1 aromatic carbocycles. The van der Waals surface area contributed by atoms with E-state index in [2.05, 4.69) is 25.2 Å². The van der Waals surface area contributed by atoms with Crippen molar-refractivity contribution in [2.75, 3.05) is 5.32 Å². The normalized spacial score (nSPS) is 10.7. The van der Waals surface area contributed by atoms with Crippen LogP contribution in [0.5, 0.6) is 0 Å². The topological polar surface area (TPSA) is 79.9 Å². The van der Waals surface area contributed by atoms with Crippen molar-refractivity contribution in [3.63, 3.8) is 0 Å². The number of nitrogens with one attached hydrogen (secondary N) is 2. The number of amides is 1. The summed E-state index contributed by atoms with van der Waals surface area (Å²) in [6.07, 6.45) is 0.0228. The molecule has 3 aromatic rings. The van der Waals surface area contributed by atoms with E-state index < -0.39 is 11.9 Å². The number of rotatable bonds is 2. The molecule has 112 valence electrons. The maximum atomic E-state index is 13.9. The minimum atomic E-state index is -1.34. The van der Waals surface area contributed by atoms with E-state index >= 15 is 0 Å². The number of fused-ring (bicyclic) bond motifs is 1. The van der Waals surface area contributed by atoms with Crippen molar-refractivity contribution in [2.45, 2.75) is 0 Å². The van der Waals surface area contributed by atoms with E-state index in [4.69, 9.17) is 11.6 Å². The number of anilines is 1. The average molecular weight is 325 g/mol. The van der Waals surface area contributed by atoms with Gasteiger partial charge in [-0.3, -0.25) is 5.32 Å². The minimum absolute atomic E-state index is 0.0323. The van der Waals surface area contributed by atoms with Gasteiger partial charge in [-0.15, -0.1) is 0 Å². The largest absolute Gasteiger partial charge is 0.450 e. The number of nitrogens with zero attached hydrogens (tertiary/aromatic N) is 2. The van der Waals surface area contributed by atoms with Gasteiger partial charge < -0.3 is 4.98 Å². The monoisotopic (exact) mass is 324 g/mol. The van der Waals surface area contributed by atoms with Crippen molar-refractivity contribution >= 4 is 34.5 Å². The van der Waals surface area contributed by atoms with Gasteiger partial charge in [0.2, 0.25) is 0 Å².